The molecule has 1 rings (SSSR count). The summed E-state index contributed by atoms with van der Waals surface area (Å²) >= 11 is 0. The summed E-state index contributed by atoms with van der Waals surface area (Å²) in [5.74, 6) is 0.604. The molecular formula is C15H26O2. The van der Waals surface area contributed by atoms with Crippen LogP contribution in [-0.2, 0) is 9.53 Å². The topological polar surface area (TPSA) is 26.3 Å². The Labute approximate surface area is 105 Å². The maximum absolute atomic E-state index is 11.4. The van der Waals surface area contributed by atoms with Gasteiger partial charge in [0.2, 0.25) is 0 Å². The zero-order valence-electron chi connectivity index (χ0n) is 11.1. The van der Waals surface area contributed by atoms with Gasteiger partial charge in [0.15, 0.2) is 0 Å². The summed E-state index contributed by atoms with van der Waals surface area (Å²) in [6, 6.07) is 0. The van der Waals surface area contributed by atoms with Gasteiger partial charge in [0.05, 0.1) is 6.61 Å². The Morgan fingerprint density at radius 2 is 1.88 bits per heavy atom. The van der Waals surface area contributed by atoms with Crippen molar-refractivity contribution in [2.24, 2.45) is 5.92 Å². The van der Waals surface area contributed by atoms with Crippen LogP contribution in [0.1, 0.15) is 64.7 Å². The lowest BCUT2D eigenvalue weighted by Crippen LogP contribution is -2.08. The number of carbonyl (C=O) groups excluding carboxylic acids is 1. The van der Waals surface area contributed by atoms with E-state index in [1.165, 1.54) is 25.7 Å². The summed E-state index contributed by atoms with van der Waals surface area (Å²) in [5, 5.41) is 0. The minimum absolute atomic E-state index is 0.0115. The number of ether oxygens (including phenoxy) is 1. The van der Waals surface area contributed by atoms with Gasteiger partial charge in [-0.3, -0.25) is 4.79 Å². The zero-order chi connectivity index (χ0) is 12.3. The van der Waals surface area contributed by atoms with Crippen LogP contribution >= 0.6 is 0 Å². The average molecular weight is 238 g/mol. The van der Waals surface area contributed by atoms with Crippen LogP contribution in [0.2, 0.25) is 0 Å². The predicted molar refractivity (Wildman–Crippen MR) is 70.8 cm³/mol. The van der Waals surface area contributed by atoms with Crippen LogP contribution in [0.4, 0.5) is 0 Å². The van der Waals surface area contributed by atoms with Gasteiger partial charge in [0.25, 0.3) is 0 Å². The van der Waals surface area contributed by atoms with Gasteiger partial charge in [-0.2, -0.15) is 0 Å². The van der Waals surface area contributed by atoms with Crippen LogP contribution < -0.4 is 0 Å². The molecule has 98 valence electrons. The Morgan fingerprint density at radius 3 is 2.76 bits per heavy atom. The van der Waals surface area contributed by atoms with Gasteiger partial charge in [-0.1, -0.05) is 38.3 Å². The molecule has 1 heterocycles. The van der Waals surface area contributed by atoms with Crippen molar-refractivity contribution in [3.8, 4) is 0 Å². The van der Waals surface area contributed by atoms with E-state index < -0.39 is 0 Å². The number of cyclic esters (lactones) is 1. The number of hydrogen-bond donors (Lipinski definition) is 0. The second-order valence-electron chi connectivity index (χ2n) is 5.13. The minimum Gasteiger partial charge on any atom is -0.466 e. The molecule has 0 radical (unpaired) electrons. The molecule has 0 saturated heterocycles. The molecule has 17 heavy (non-hydrogen) atoms. The molecule has 0 N–H and O–H groups in total. The van der Waals surface area contributed by atoms with Crippen molar-refractivity contribution in [1.82, 2.24) is 0 Å². The zero-order valence-corrected chi connectivity index (χ0v) is 11.1. The normalized spacial score (nSPS) is 27.6. The van der Waals surface area contributed by atoms with Crippen LogP contribution in [0.3, 0.4) is 0 Å². The Balaban J connectivity index is 2.29. The molecule has 0 fully saturated rings. The lowest BCUT2D eigenvalue weighted by Gasteiger charge is -2.09. The van der Waals surface area contributed by atoms with Crippen molar-refractivity contribution in [3.63, 3.8) is 0 Å². The van der Waals surface area contributed by atoms with Crippen LogP contribution in [-0.4, -0.2) is 12.6 Å². The van der Waals surface area contributed by atoms with E-state index in [1.54, 1.807) is 0 Å². The molecule has 0 aromatic heterocycles. The largest absolute Gasteiger partial charge is 0.466 e. The number of carbonyl (C=O) groups is 1. The SMILES string of the molecule is CC1C/C=C\CCCCCCCC(=O)OCC1. The van der Waals surface area contributed by atoms with Crippen molar-refractivity contribution in [2.75, 3.05) is 6.61 Å². The van der Waals surface area contributed by atoms with Gasteiger partial charge in [-0.05, 0) is 38.0 Å². The van der Waals surface area contributed by atoms with E-state index in [0.717, 1.165) is 25.7 Å². The monoisotopic (exact) mass is 238 g/mol. The van der Waals surface area contributed by atoms with Gasteiger partial charge in [0.1, 0.15) is 0 Å². The highest BCUT2D eigenvalue weighted by molar-refractivity contribution is 5.69. The Kier molecular flexibility index (Phi) is 7.78. The first kappa shape index (κ1) is 14.3. The van der Waals surface area contributed by atoms with Crippen molar-refractivity contribution in [2.45, 2.75) is 64.7 Å². The van der Waals surface area contributed by atoms with E-state index in [1.807, 2.05) is 0 Å². The summed E-state index contributed by atoms with van der Waals surface area (Å²) < 4.78 is 5.23. The maximum Gasteiger partial charge on any atom is 0.305 e. The predicted octanol–water partition coefficient (Wildman–Crippen LogP) is 4.25. The van der Waals surface area contributed by atoms with E-state index in [-0.39, 0.29) is 5.97 Å². The third kappa shape index (κ3) is 8.00. The summed E-state index contributed by atoms with van der Waals surface area (Å²) in [5.41, 5.74) is 0. The van der Waals surface area contributed by atoms with Crippen LogP contribution in [0.15, 0.2) is 12.2 Å². The minimum atomic E-state index is -0.0115. The first-order valence-electron chi connectivity index (χ1n) is 7.09. The highest BCUT2D eigenvalue weighted by atomic mass is 16.5. The lowest BCUT2D eigenvalue weighted by molar-refractivity contribution is -0.144. The molecule has 1 aliphatic rings. The third-order valence-electron chi connectivity index (χ3n) is 3.33. The van der Waals surface area contributed by atoms with Crippen LogP contribution in [0.25, 0.3) is 0 Å². The molecule has 1 atom stereocenters. The quantitative estimate of drug-likeness (QED) is 0.466. The Hall–Kier alpha value is -0.790. The standard InChI is InChI=1S/C15H26O2/c1-14-10-8-6-4-2-3-5-7-9-11-15(16)17-13-12-14/h6,8,14H,2-5,7,9-13H2,1H3/b8-6-. The molecular weight excluding hydrogens is 212 g/mol. The lowest BCUT2D eigenvalue weighted by atomic mass is 10.0. The summed E-state index contributed by atoms with van der Waals surface area (Å²) in [6.07, 6.45) is 14.5. The third-order valence-corrected chi connectivity index (χ3v) is 3.33. The molecule has 0 aliphatic carbocycles. The first-order valence-corrected chi connectivity index (χ1v) is 7.09. The number of esters is 1. The van der Waals surface area contributed by atoms with Gasteiger partial charge in [-0.25, -0.2) is 0 Å². The highest BCUT2D eigenvalue weighted by Crippen LogP contribution is 2.12. The van der Waals surface area contributed by atoms with Crippen molar-refractivity contribution < 1.29 is 9.53 Å². The summed E-state index contributed by atoms with van der Waals surface area (Å²) in [6.45, 7) is 2.81. The molecule has 0 aromatic rings. The summed E-state index contributed by atoms with van der Waals surface area (Å²) in [7, 11) is 0. The van der Waals surface area contributed by atoms with Crippen molar-refractivity contribution in [3.05, 3.63) is 12.2 Å². The van der Waals surface area contributed by atoms with Crippen molar-refractivity contribution in [1.29, 1.82) is 0 Å². The van der Waals surface area contributed by atoms with Gasteiger partial charge < -0.3 is 4.74 Å². The second kappa shape index (κ2) is 9.26. The molecule has 2 heteroatoms. The van der Waals surface area contributed by atoms with Gasteiger partial charge in [-0.15, -0.1) is 0 Å². The Bertz CT molecular complexity index is 233. The Morgan fingerprint density at radius 1 is 1.12 bits per heavy atom. The fourth-order valence-electron chi connectivity index (χ4n) is 2.07. The number of hydrogen-bond acceptors (Lipinski definition) is 2. The van der Waals surface area contributed by atoms with E-state index in [4.69, 9.17) is 4.74 Å². The smallest absolute Gasteiger partial charge is 0.305 e. The van der Waals surface area contributed by atoms with Gasteiger partial charge in [0, 0.05) is 6.42 Å². The molecule has 0 bridgehead atoms. The molecule has 0 saturated carbocycles. The fourth-order valence-corrected chi connectivity index (χ4v) is 2.07. The van der Waals surface area contributed by atoms with Crippen molar-refractivity contribution >= 4 is 5.97 Å². The first-order chi connectivity index (χ1) is 8.29. The molecule has 0 amide bonds. The van der Waals surface area contributed by atoms with Crippen LogP contribution in [0.5, 0.6) is 0 Å². The van der Waals surface area contributed by atoms with E-state index in [0.29, 0.717) is 18.9 Å². The number of allylic oxidation sites excluding steroid dienone is 2. The van der Waals surface area contributed by atoms with Crippen LogP contribution in [0, 0.1) is 5.92 Å². The fraction of sp³-hybridized carbons (Fsp3) is 0.800. The van der Waals surface area contributed by atoms with E-state index >= 15 is 0 Å². The molecule has 1 unspecified atom stereocenters. The van der Waals surface area contributed by atoms with E-state index in [9.17, 15) is 4.79 Å². The number of rotatable bonds is 0. The molecule has 0 aromatic carbocycles. The second-order valence-corrected chi connectivity index (χ2v) is 5.13. The molecule has 0 spiro atoms. The van der Waals surface area contributed by atoms with Gasteiger partial charge >= 0.3 is 5.97 Å². The van der Waals surface area contributed by atoms with E-state index in [2.05, 4.69) is 19.1 Å². The average Bonchev–Trinajstić information content (AvgIpc) is 2.31. The highest BCUT2D eigenvalue weighted by Gasteiger charge is 2.05. The molecule has 2 nitrogen and oxygen atoms in total. The molecule has 1 aliphatic heterocycles. The summed E-state index contributed by atoms with van der Waals surface area (Å²) in [4.78, 5) is 11.4. The maximum atomic E-state index is 11.4.